The summed E-state index contributed by atoms with van der Waals surface area (Å²) in [5.41, 5.74) is 1.29. The molecule has 140 valence electrons. The molecule has 1 saturated carbocycles. The zero-order valence-electron chi connectivity index (χ0n) is 14.8. The van der Waals surface area contributed by atoms with E-state index >= 15 is 0 Å². The minimum atomic E-state index is -0.336. The second-order valence-electron chi connectivity index (χ2n) is 6.62. The number of nitrogens with zero attached hydrogens (tertiary/aromatic N) is 2. The summed E-state index contributed by atoms with van der Waals surface area (Å²) in [7, 11) is 0. The predicted molar refractivity (Wildman–Crippen MR) is 101 cm³/mol. The molecule has 1 aromatic rings. The summed E-state index contributed by atoms with van der Waals surface area (Å²) in [6.45, 7) is 4.25. The molecule has 0 spiro atoms. The molecule has 3 amide bonds. The highest BCUT2D eigenvalue weighted by atomic mass is 35.5. The van der Waals surface area contributed by atoms with Crippen molar-refractivity contribution < 1.29 is 9.59 Å². The van der Waals surface area contributed by atoms with Gasteiger partial charge in [0, 0.05) is 30.1 Å². The van der Waals surface area contributed by atoms with Gasteiger partial charge in [0.25, 0.3) is 0 Å². The van der Waals surface area contributed by atoms with Gasteiger partial charge in [0.2, 0.25) is 5.91 Å². The molecule has 1 saturated heterocycles. The van der Waals surface area contributed by atoms with Gasteiger partial charge in [-0.1, -0.05) is 23.7 Å². The number of urea groups is 1. The van der Waals surface area contributed by atoms with Gasteiger partial charge in [-0.05, 0) is 37.5 Å². The highest BCUT2D eigenvalue weighted by molar-refractivity contribution is 6.30. The van der Waals surface area contributed by atoms with Crippen LogP contribution >= 0.6 is 11.6 Å². The van der Waals surface area contributed by atoms with Crippen molar-refractivity contribution in [3.63, 3.8) is 0 Å². The Balaban J connectivity index is 1.57. The maximum absolute atomic E-state index is 11.6. The highest BCUT2D eigenvalue weighted by Crippen LogP contribution is 2.48. The molecule has 3 rings (SSSR count). The fourth-order valence-electron chi connectivity index (χ4n) is 3.05. The topological polar surface area (TPSA) is 85.8 Å². The second-order valence-corrected chi connectivity index (χ2v) is 7.05. The summed E-state index contributed by atoms with van der Waals surface area (Å²) in [4.78, 5) is 29.1. The Labute approximate surface area is 158 Å². The van der Waals surface area contributed by atoms with Gasteiger partial charge in [-0.2, -0.15) is 0 Å². The number of benzene rings is 1. The SMILES string of the molecule is CCNC(=NCC1(c2cccc(Cl)c2)CC1)NCCN1C(=O)CNC1=O. The third-order valence-electron chi connectivity index (χ3n) is 4.74. The molecule has 3 N–H and O–H groups in total. The third-order valence-corrected chi connectivity index (χ3v) is 4.97. The number of carbonyl (C=O) groups excluding carboxylic acids is 2. The van der Waals surface area contributed by atoms with Gasteiger partial charge >= 0.3 is 6.03 Å². The number of halogens is 1. The van der Waals surface area contributed by atoms with Crippen LogP contribution in [0.4, 0.5) is 4.79 Å². The minimum Gasteiger partial charge on any atom is -0.357 e. The number of guanidine groups is 1. The Bertz CT molecular complexity index is 701. The minimum absolute atomic E-state index is 0.0675. The number of amides is 3. The Morgan fingerprint density at radius 2 is 2.15 bits per heavy atom. The van der Waals surface area contributed by atoms with Gasteiger partial charge in [0.05, 0.1) is 13.1 Å². The van der Waals surface area contributed by atoms with Crippen molar-refractivity contribution in [2.45, 2.75) is 25.2 Å². The zero-order chi connectivity index (χ0) is 18.6. The smallest absolute Gasteiger partial charge is 0.324 e. The highest BCUT2D eigenvalue weighted by Gasteiger charge is 2.44. The molecule has 2 aliphatic rings. The van der Waals surface area contributed by atoms with E-state index in [2.05, 4.69) is 22.0 Å². The Morgan fingerprint density at radius 3 is 2.77 bits per heavy atom. The first-order chi connectivity index (χ1) is 12.5. The molecular formula is C18H24ClN5O2. The van der Waals surface area contributed by atoms with Crippen molar-refractivity contribution in [1.82, 2.24) is 20.9 Å². The fraction of sp³-hybridized carbons (Fsp3) is 0.500. The number of imide groups is 1. The predicted octanol–water partition coefficient (Wildman–Crippen LogP) is 1.48. The van der Waals surface area contributed by atoms with E-state index in [4.69, 9.17) is 16.6 Å². The first-order valence-corrected chi connectivity index (χ1v) is 9.28. The lowest BCUT2D eigenvalue weighted by atomic mass is 9.96. The molecule has 0 bridgehead atoms. The number of carbonyl (C=O) groups is 2. The maximum atomic E-state index is 11.6. The Morgan fingerprint density at radius 1 is 1.35 bits per heavy atom. The van der Waals surface area contributed by atoms with Crippen LogP contribution in [0, 0.1) is 0 Å². The monoisotopic (exact) mass is 377 g/mol. The van der Waals surface area contributed by atoms with Crippen LogP contribution in [-0.2, 0) is 10.2 Å². The van der Waals surface area contributed by atoms with Crippen molar-refractivity contribution in [2.75, 3.05) is 32.7 Å². The summed E-state index contributed by atoms with van der Waals surface area (Å²) >= 11 is 6.12. The molecule has 0 radical (unpaired) electrons. The Kier molecular flexibility index (Phi) is 5.66. The molecular weight excluding hydrogens is 354 g/mol. The number of nitrogens with one attached hydrogen (secondary N) is 3. The van der Waals surface area contributed by atoms with Crippen LogP contribution in [0.2, 0.25) is 5.02 Å². The first kappa shape index (κ1) is 18.5. The van der Waals surface area contributed by atoms with E-state index in [1.807, 2.05) is 25.1 Å². The molecule has 0 unspecified atom stereocenters. The number of hydrogen-bond acceptors (Lipinski definition) is 3. The van der Waals surface area contributed by atoms with Gasteiger partial charge in [-0.25, -0.2) is 4.79 Å². The van der Waals surface area contributed by atoms with E-state index in [0.717, 1.165) is 24.4 Å². The van der Waals surface area contributed by atoms with E-state index < -0.39 is 0 Å². The molecule has 1 heterocycles. The van der Waals surface area contributed by atoms with E-state index in [0.29, 0.717) is 25.6 Å². The van der Waals surface area contributed by atoms with E-state index in [9.17, 15) is 9.59 Å². The molecule has 7 nitrogen and oxygen atoms in total. The van der Waals surface area contributed by atoms with Crippen molar-refractivity contribution in [2.24, 2.45) is 4.99 Å². The van der Waals surface area contributed by atoms with Crippen molar-refractivity contribution in [3.05, 3.63) is 34.9 Å². The molecule has 2 fully saturated rings. The standard InChI is InChI=1S/C18H24ClN5O2/c1-2-20-16(21-8-9-24-15(25)11-22-17(24)26)23-12-18(6-7-18)13-4-3-5-14(19)10-13/h3-5,10H,2,6-9,11-12H2,1H3,(H,22,26)(H2,20,21,23). The van der Waals surface area contributed by atoms with Crippen LogP contribution in [0.3, 0.4) is 0 Å². The number of rotatable bonds is 7. The van der Waals surface area contributed by atoms with Gasteiger partial charge < -0.3 is 16.0 Å². The van der Waals surface area contributed by atoms with E-state index in [1.54, 1.807) is 0 Å². The molecule has 1 aliphatic carbocycles. The largest absolute Gasteiger partial charge is 0.357 e. The van der Waals surface area contributed by atoms with Crippen molar-refractivity contribution >= 4 is 29.5 Å². The fourth-order valence-corrected chi connectivity index (χ4v) is 3.24. The maximum Gasteiger partial charge on any atom is 0.324 e. The van der Waals surface area contributed by atoms with Crippen LogP contribution in [0.25, 0.3) is 0 Å². The lowest BCUT2D eigenvalue weighted by molar-refractivity contribution is -0.124. The van der Waals surface area contributed by atoms with Gasteiger partial charge in [-0.3, -0.25) is 14.7 Å². The van der Waals surface area contributed by atoms with Crippen LogP contribution in [0.5, 0.6) is 0 Å². The van der Waals surface area contributed by atoms with E-state index in [-0.39, 0.29) is 23.9 Å². The summed E-state index contributed by atoms with van der Waals surface area (Å²) in [5, 5.41) is 9.65. The molecule has 26 heavy (non-hydrogen) atoms. The number of aliphatic imine (C=N–C) groups is 1. The van der Waals surface area contributed by atoms with Crippen molar-refractivity contribution in [1.29, 1.82) is 0 Å². The lowest BCUT2D eigenvalue weighted by Gasteiger charge is -2.17. The summed E-state index contributed by atoms with van der Waals surface area (Å²) < 4.78 is 0. The first-order valence-electron chi connectivity index (χ1n) is 8.90. The van der Waals surface area contributed by atoms with Crippen LogP contribution in [-0.4, -0.2) is 55.5 Å². The van der Waals surface area contributed by atoms with Crippen LogP contribution in [0.1, 0.15) is 25.3 Å². The summed E-state index contributed by atoms with van der Waals surface area (Å²) in [6.07, 6.45) is 2.19. The summed E-state index contributed by atoms with van der Waals surface area (Å²) in [6, 6.07) is 7.64. The van der Waals surface area contributed by atoms with Gasteiger partial charge in [0.15, 0.2) is 5.96 Å². The zero-order valence-corrected chi connectivity index (χ0v) is 15.6. The van der Waals surface area contributed by atoms with Gasteiger partial charge in [0.1, 0.15) is 0 Å². The van der Waals surface area contributed by atoms with Gasteiger partial charge in [-0.15, -0.1) is 0 Å². The van der Waals surface area contributed by atoms with Crippen LogP contribution in [0.15, 0.2) is 29.3 Å². The molecule has 1 aromatic carbocycles. The average molecular weight is 378 g/mol. The summed E-state index contributed by atoms with van der Waals surface area (Å²) in [5.74, 6) is 0.490. The lowest BCUT2D eigenvalue weighted by Crippen LogP contribution is -2.43. The van der Waals surface area contributed by atoms with Crippen molar-refractivity contribution in [3.8, 4) is 0 Å². The molecule has 8 heteroatoms. The quantitative estimate of drug-likeness (QED) is 0.381. The average Bonchev–Trinajstić information content (AvgIpc) is 3.35. The Hall–Kier alpha value is -2.28. The number of hydrogen-bond donors (Lipinski definition) is 3. The van der Waals surface area contributed by atoms with Crippen LogP contribution < -0.4 is 16.0 Å². The normalized spacial score (nSPS) is 18.7. The second kappa shape index (κ2) is 7.95. The molecule has 0 aromatic heterocycles. The molecule has 1 aliphatic heterocycles. The molecule has 0 atom stereocenters. The van der Waals surface area contributed by atoms with E-state index in [1.165, 1.54) is 10.5 Å². The third kappa shape index (κ3) is 4.27.